The fraction of sp³-hybridized carbons (Fsp3) is 0.333. The van der Waals surface area contributed by atoms with Crippen LogP contribution in [0.5, 0.6) is 0 Å². The normalized spacial score (nSPS) is 11.3. The molecule has 1 N–H and O–H groups in total. The van der Waals surface area contributed by atoms with Crippen molar-refractivity contribution in [1.82, 2.24) is 25.0 Å². The molecule has 0 unspecified atom stereocenters. The summed E-state index contributed by atoms with van der Waals surface area (Å²) >= 11 is 6.07. The van der Waals surface area contributed by atoms with Gasteiger partial charge in [-0.15, -0.1) is 5.10 Å². The van der Waals surface area contributed by atoms with E-state index in [2.05, 4.69) is 39.4 Å². The molecule has 120 valence electrons. The Morgan fingerprint density at radius 1 is 1.30 bits per heavy atom. The molecule has 1 aromatic carbocycles. The van der Waals surface area contributed by atoms with Crippen LogP contribution in [-0.4, -0.2) is 31.5 Å². The predicted octanol–water partition coefficient (Wildman–Crippen LogP) is 3.13. The SMILES string of the molecule is CC(C)CNc1ncnc2c1nnn2Cc1c(F)cccc1Cl. The zero-order chi connectivity index (χ0) is 16.4. The van der Waals surface area contributed by atoms with Crippen molar-refractivity contribution in [3.05, 3.63) is 40.9 Å². The minimum atomic E-state index is -0.381. The van der Waals surface area contributed by atoms with Gasteiger partial charge in [0, 0.05) is 17.1 Å². The second-order valence-electron chi connectivity index (χ2n) is 5.62. The third kappa shape index (κ3) is 3.24. The first-order chi connectivity index (χ1) is 11.1. The molecular formula is C15H16ClFN6. The maximum absolute atomic E-state index is 13.9. The highest BCUT2D eigenvalue weighted by molar-refractivity contribution is 6.31. The van der Waals surface area contributed by atoms with E-state index in [4.69, 9.17) is 11.6 Å². The van der Waals surface area contributed by atoms with Gasteiger partial charge in [0.15, 0.2) is 17.0 Å². The highest BCUT2D eigenvalue weighted by Crippen LogP contribution is 2.22. The summed E-state index contributed by atoms with van der Waals surface area (Å²) in [4.78, 5) is 8.40. The molecule has 6 nitrogen and oxygen atoms in total. The maximum atomic E-state index is 13.9. The quantitative estimate of drug-likeness (QED) is 0.776. The average molecular weight is 335 g/mol. The lowest BCUT2D eigenvalue weighted by atomic mass is 10.2. The van der Waals surface area contributed by atoms with Crippen LogP contribution in [0, 0.1) is 11.7 Å². The summed E-state index contributed by atoms with van der Waals surface area (Å²) in [5, 5.41) is 11.7. The molecule has 8 heteroatoms. The number of hydrogen-bond donors (Lipinski definition) is 1. The molecule has 0 amide bonds. The average Bonchev–Trinajstić information content (AvgIpc) is 2.92. The van der Waals surface area contributed by atoms with Gasteiger partial charge in [0.05, 0.1) is 6.54 Å². The molecule has 23 heavy (non-hydrogen) atoms. The molecule has 0 atom stereocenters. The highest BCUT2D eigenvalue weighted by atomic mass is 35.5. The number of nitrogens with one attached hydrogen (secondary N) is 1. The van der Waals surface area contributed by atoms with Crippen LogP contribution in [0.15, 0.2) is 24.5 Å². The number of nitrogens with zero attached hydrogens (tertiary/aromatic N) is 5. The molecule has 2 aromatic heterocycles. The van der Waals surface area contributed by atoms with E-state index in [1.54, 1.807) is 12.1 Å². The largest absolute Gasteiger partial charge is 0.368 e. The molecule has 0 aliphatic rings. The molecule has 0 fully saturated rings. The van der Waals surface area contributed by atoms with Crippen molar-refractivity contribution in [1.29, 1.82) is 0 Å². The first-order valence-electron chi connectivity index (χ1n) is 7.27. The Labute approximate surface area is 137 Å². The molecule has 0 radical (unpaired) electrons. The zero-order valence-electron chi connectivity index (χ0n) is 12.8. The Bertz CT molecular complexity index is 812. The van der Waals surface area contributed by atoms with E-state index in [0.29, 0.717) is 33.5 Å². The molecule has 0 aliphatic heterocycles. The van der Waals surface area contributed by atoms with Gasteiger partial charge in [-0.3, -0.25) is 0 Å². The van der Waals surface area contributed by atoms with Crippen LogP contribution in [0.3, 0.4) is 0 Å². The summed E-state index contributed by atoms with van der Waals surface area (Å²) in [6, 6.07) is 4.57. The van der Waals surface area contributed by atoms with Crippen molar-refractivity contribution in [2.45, 2.75) is 20.4 Å². The molecule has 0 saturated carbocycles. The topological polar surface area (TPSA) is 68.5 Å². The Morgan fingerprint density at radius 3 is 2.87 bits per heavy atom. The second-order valence-corrected chi connectivity index (χ2v) is 6.02. The minimum Gasteiger partial charge on any atom is -0.368 e. The summed E-state index contributed by atoms with van der Waals surface area (Å²) in [5.74, 6) is 0.704. The molecule has 3 aromatic rings. The number of benzene rings is 1. The monoisotopic (exact) mass is 334 g/mol. The number of aromatic nitrogens is 5. The first-order valence-corrected chi connectivity index (χ1v) is 7.65. The summed E-state index contributed by atoms with van der Waals surface area (Å²) in [5.41, 5.74) is 1.45. The van der Waals surface area contributed by atoms with Crippen molar-refractivity contribution < 1.29 is 4.39 Å². The van der Waals surface area contributed by atoms with E-state index in [1.165, 1.54) is 17.1 Å². The van der Waals surface area contributed by atoms with Crippen molar-refractivity contribution in [2.75, 3.05) is 11.9 Å². The minimum absolute atomic E-state index is 0.155. The molecule has 3 rings (SSSR count). The van der Waals surface area contributed by atoms with Gasteiger partial charge in [0.1, 0.15) is 12.1 Å². The van der Waals surface area contributed by atoms with Crippen molar-refractivity contribution in [2.24, 2.45) is 5.92 Å². The number of hydrogen-bond acceptors (Lipinski definition) is 5. The van der Waals surface area contributed by atoms with Gasteiger partial charge in [0.25, 0.3) is 0 Å². The standard InChI is InChI=1S/C15H16ClFN6/c1-9(2)6-18-14-13-15(20-8-19-14)23(22-21-13)7-10-11(16)4-3-5-12(10)17/h3-5,8-9H,6-7H2,1-2H3,(H,18,19,20). The lowest BCUT2D eigenvalue weighted by Crippen LogP contribution is -2.10. The van der Waals surface area contributed by atoms with Gasteiger partial charge in [-0.05, 0) is 18.1 Å². The molecule has 2 heterocycles. The van der Waals surface area contributed by atoms with Crippen LogP contribution in [-0.2, 0) is 6.54 Å². The van der Waals surface area contributed by atoms with E-state index in [-0.39, 0.29) is 12.4 Å². The summed E-state index contributed by atoms with van der Waals surface area (Å²) < 4.78 is 15.5. The summed E-state index contributed by atoms with van der Waals surface area (Å²) in [6.07, 6.45) is 1.44. The molecule has 0 aliphatic carbocycles. The van der Waals surface area contributed by atoms with Crippen LogP contribution in [0.1, 0.15) is 19.4 Å². The highest BCUT2D eigenvalue weighted by Gasteiger charge is 2.15. The Balaban J connectivity index is 1.95. The van der Waals surface area contributed by atoms with Gasteiger partial charge in [-0.2, -0.15) is 0 Å². The van der Waals surface area contributed by atoms with Gasteiger partial charge >= 0.3 is 0 Å². The predicted molar refractivity (Wildman–Crippen MR) is 87.0 cm³/mol. The number of anilines is 1. The van der Waals surface area contributed by atoms with E-state index in [0.717, 1.165) is 6.54 Å². The third-order valence-electron chi connectivity index (χ3n) is 3.35. The number of halogens is 2. The summed E-state index contributed by atoms with van der Waals surface area (Å²) in [7, 11) is 0. The molecular weight excluding hydrogens is 319 g/mol. The van der Waals surface area contributed by atoms with E-state index >= 15 is 0 Å². The van der Waals surface area contributed by atoms with Gasteiger partial charge in [-0.1, -0.05) is 36.7 Å². The van der Waals surface area contributed by atoms with E-state index in [9.17, 15) is 4.39 Å². The fourth-order valence-corrected chi connectivity index (χ4v) is 2.38. The summed E-state index contributed by atoms with van der Waals surface area (Å²) in [6.45, 7) is 5.12. The maximum Gasteiger partial charge on any atom is 0.184 e. The molecule has 0 spiro atoms. The van der Waals surface area contributed by atoms with Gasteiger partial charge < -0.3 is 5.32 Å². The van der Waals surface area contributed by atoms with E-state index in [1.807, 2.05) is 0 Å². The van der Waals surface area contributed by atoms with Crippen LogP contribution >= 0.6 is 11.6 Å². The number of fused-ring (bicyclic) bond motifs is 1. The Hall–Kier alpha value is -2.28. The fourth-order valence-electron chi connectivity index (χ4n) is 2.16. The second kappa shape index (κ2) is 6.45. The van der Waals surface area contributed by atoms with Crippen molar-refractivity contribution in [3.8, 4) is 0 Å². The Kier molecular flexibility index (Phi) is 4.38. The van der Waals surface area contributed by atoms with Crippen LogP contribution in [0.25, 0.3) is 11.2 Å². The molecule has 0 bridgehead atoms. The Morgan fingerprint density at radius 2 is 2.13 bits per heavy atom. The zero-order valence-corrected chi connectivity index (χ0v) is 13.5. The number of rotatable bonds is 5. The lowest BCUT2D eigenvalue weighted by molar-refractivity contribution is 0.582. The first kappa shape index (κ1) is 15.6. The van der Waals surface area contributed by atoms with Gasteiger partial charge in [-0.25, -0.2) is 19.0 Å². The van der Waals surface area contributed by atoms with Crippen LogP contribution < -0.4 is 5.32 Å². The molecule has 0 saturated heterocycles. The lowest BCUT2D eigenvalue weighted by Gasteiger charge is -2.08. The van der Waals surface area contributed by atoms with Crippen LogP contribution in [0.4, 0.5) is 10.2 Å². The third-order valence-corrected chi connectivity index (χ3v) is 3.70. The van der Waals surface area contributed by atoms with Crippen LogP contribution in [0.2, 0.25) is 5.02 Å². The van der Waals surface area contributed by atoms with Crippen molar-refractivity contribution >= 4 is 28.6 Å². The smallest absolute Gasteiger partial charge is 0.184 e. The van der Waals surface area contributed by atoms with Gasteiger partial charge in [0.2, 0.25) is 0 Å². The van der Waals surface area contributed by atoms with Crippen molar-refractivity contribution in [3.63, 3.8) is 0 Å². The van der Waals surface area contributed by atoms with E-state index < -0.39 is 0 Å².